The Labute approximate surface area is 174 Å². The summed E-state index contributed by atoms with van der Waals surface area (Å²) >= 11 is 6.09. The topological polar surface area (TPSA) is 114 Å². The number of sulfone groups is 2. The van der Waals surface area contributed by atoms with Crippen LogP contribution in [-0.4, -0.2) is 61.4 Å². The fourth-order valence-electron chi connectivity index (χ4n) is 3.09. The van der Waals surface area contributed by atoms with Crippen LogP contribution < -0.4 is 0 Å². The van der Waals surface area contributed by atoms with E-state index in [1.807, 2.05) is 31.2 Å². The van der Waals surface area contributed by atoms with Gasteiger partial charge in [0.2, 0.25) is 15.0 Å². The molecule has 2 heterocycles. The molecule has 1 aliphatic heterocycles. The average molecular weight is 458 g/mol. The molecule has 1 fully saturated rings. The smallest absolute Gasteiger partial charge is 0.274 e. The van der Waals surface area contributed by atoms with Crippen LogP contribution in [0.2, 0.25) is 5.02 Å². The van der Waals surface area contributed by atoms with E-state index in [9.17, 15) is 21.6 Å². The normalized spacial score (nSPS) is 18.5. The zero-order valence-electron chi connectivity index (χ0n) is 15.9. The van der Waals surface area contributed by atoms with Crippen LogP contribution >= 0.6 is 11.6 Å². The van der Waals surface area contributed by atoms with Gasteiger partial charge in [0.05, 0.1) is 22.7 Å². The minimum atomic E-state index is -3.75. The molecule has 0 unspecified atom stereocenters. The van der Waals surface area contributed by atoms with Gasteiger partial charge in [0.1, 0.15) is 0 Å². The van der Waals surface area contributed by atoms with Crippen molar-refractivity contribution in [3.63, 3.8) is 0 Å². The first-order chi connectivity index (χ1) is 13.5. The molecule has 1 aromatic heterocycles. The fraction of sp³-hybridized carbons (Fsp3) is 0.389. The second kappa shape index (κ2) is 8.00. The molecule has 1 atom stereocenters. The summed E-state index contributed by atoms with van der Waals surface area (Å²) in [5.74, 6) is -0.807. The first-order valence-corrected chi connectivity index (χ1v) is 12.8. The summed E-state index contributed by atoms with van der Waals surface area (Å²) < 4.78 is 47.5. The highest BCUT2D eigenvalue weighted by Gasteiger charge is 2.36. The number of amides is 1. The predicted molar refractivity (Wildman–Crippen MR) is 108 cm³/mol. The first-order valence-electron chi connectivity index (χ1n) is 8.76. The van der Waals surface area contributed by atoms with Crippen molar-refractivity contribution in [2.24, 2.45) is 0 Å². The van der Waals surface area contributed by atoms with Crippen molar-refractivity contribution in [3.05, 3.63) is 52.3 Å². The molecule has 0 aliphatic carbocycles. The zero-order chi connectivity index (χ0) is 21.4. The highest BCUT2D eigenvalue weighted by atomic mass is 35.5. The molecule has 8 nitrogen and oxygen atoms in total. The molecular weight excluding hydrogens is 438 g/mol. The maximum absolute atomic E-state index is 13.3. The minimum absolute atomic E-state index is 0.0125. The van der Waals surface area contributed by atoms with Crippen LogP contribution in [-0.2, 0) is 26.2 Å². The molecule has 0 radical (unpaired) electrons. The summed E-state index contributed by atoms with van der Waals surface area (Å²) in [7, 11) is -7.00. The summed E-state index contributed by atoms with van der Waals surface area (Å²) in [6.07, 6.45) is 2.29. The third-order valence-corrected chi connectivity index (χ3v) is 7.53. The lowest BCUT2D eigenvalue weighted by molar-refractivity contribution is 0.0674. The van der Waals surface area contributed by atoms with Gasteiger partial charge < -0.3 is 4.90 Å². The summed E-state index contributed by atoms with van der Waals surface area (Å²) in [5, 5.41) is -0.614. The highest BCUT2D eigenvalue weighted by molar-refractivity contribution is 7.91. The molecule has 1 saturated heterocycles. The van der Waals surface area contributed by atoms with Gasteiger partial charge in [-0.2, -0.15) is 0 Å². The van der Waals surface area contributed by atoms with Gasteiger partial charge in [-0.1, -0.05) is 41.4 Å². The van der Waals surface area contributed by atoms with Crippen molar-refractivity contribution >= 4 is 37.2 Å². The van der Waals surface area contributed by atoms with Crippen LogP contribution in [0.5, 0.6) is 0 Å². The molecule has 2 aromatic rings. The zero-order valence-corrected chi connectivity index (χ0v) is 18.3. The molecule has 0 spiro atoms. The van der Waals surface area contributed by atoms with Crippen LogP contribution in [0.3, 0.4) is 0 Å². The second-order valence-electron chi connectivity index (χ2n) is 7.10. The van der Waals surface area contributed by atoms with E-state index in [4.69, 9.17) is 11.6 Å². The predicted octanol–water partition coefficient (Wildman–Crippen LogP) is 1.67. The third-order valence-electron chi connectivity index (χ3n) is 4.64. The Kier molecular flexibility index (Phi) is 5.98. The van der Waals surface area contributed by atoms with Crippen molar-refractivity contribution < 1.29 is 21.6 Å². The lowest BCUT2D eigenvalue weighted by Crippen LogP contribution is -2.41. The lowest BCUT2D eigenvalue weighted by Gasteiger charge is -2.28. The van der Waals surface area contributed by atoms with E-state index >= 15 is 0 Å². The monoisotopic (exact) mass is 457 g/mol. The SMILES string of the molecule is Cc1ccc(CN(C(=O)c2nc(S(C)(=O)=O)ncc2Cl)[C@H]2CCS(=O)(=O)C2)cc1. The van der Waals surface area contributed by atoms with Crippen LogP contribution in [0, 0.1) is 6.92 Å². The Morgan fingerprint density at radius 1 is 1.28 bits per heavy atom. The summed E-state index contributed by atoms with van der Waals surface area (Å²) in [6, 6.07) is 6.93. The van der Waals surface area contributed by atoms with Crippen LogP contribution in [0.4, 0.5) is 0 Å². The summed E-state index contributed by atoms with van der Waals surface area (Å²) in [4.78, 5) is 22.2. The van der Waals surface area contributed by atoms with Crippen molar-refractivity contribution in [1.29, 1.82) is 0 Å². The van der Waals surface area contributed by atoms with Gasteiger partial charge in [-0.05, 0) is 18.9 Å². The number of carbonyl (C=O) groups excluding carboxylic acids is 1. The molecule has 29 heavy (non-hydrogen) atoms. The number of aromatic nitrogens is 2. The van der Waals surface area contributed by atoms with Crippen LogP contribution in [0.15, 0.2) is 35.6 Å². The van der Waals surface area contributed by atoms with Crippen molar-refractivity contribution in [1.82, 2.24) is 14.9 Å². The van der Waals surface area contributed by atoms with E-state index in [1.165, 1.54) is 4.90 Å². The summed E-state index contributed by atoms with van der Waals surface area (Å²) in [5.41, 5.74) is 1.59. The van der Waals surface area contributed by atoms with Gasteiger partial charge in [0.25, 0.3) is 5.91 Å². The second-order valence-corrected chi connectivity index (χ2v) is 11.6. The van der Waals surface area contributed by atoms with Crippen LogP contribution in [0.25, 0.3) is 0 Å². The van der Waals surface area contributed by atoms with E-state index in [0.29, 0.717) is 6.42 Å². The molecule has 156 valence electrons. The lowest BCUT2D eigenvalue weighted by atomic mass is 10.1. The van der Waals surface area contributed by atoms with Gasteiger partial charge in [-0.3, -0.25) is 4.79 Å². The largest absolute Gasteiger partial charge is 0.329 e. The fourth-order valence-corrected chi connectivity index (χ4v) is 5.50. The summed E-state index contributed by atoms with van der Waals surface area (Å²) in [6.45, 7) is 2.08. The third kappa shape index (κ3) is 5.12. The van der Waals surface area contributed by atoms with Gasteiger partial charge in [-0.15, -0.1) is 0 Å². The van der Waals surface area contributed by atoms with Crippen molar-refractivity contribution in [2.45, 2.75) is 31.1 Å². The molecule has 1 aliphatic rings. The Morgan fingerprint density at radius 2 is 1.93 bits per heavy atom. The van der Waals surface area contributed by atoms with E-state index in [-0.39, 0.29) is 28.8 Å². The minimum Gasteiger partial charge on any atom is -0.329 e. The van der Waals surface area contributed by atoms with Crippen molar-refractivity contribution in [3.8, 4) is 0 Å². The van der Waals surface area contributed by atoms with E-state index in [1.54, 1.807) is 0 Å². The Balaban J connectivity index is 2.01. The Bertz CT molecular complexity index is 1150. The van der Waals surface area contributed by atoms with E-state index in [0.717, 1.165) is 23.6 Å². The Hall–Kier alpha value is -2.04. The molecule has 11 heteroatoms. The number of benzene rings is 1. The number of aryl methyl sites for hydroxylation is 1. The maximum Gasteiger partial charge on any atom is 0.274 e. The number of hydrogen-bond donors (Lipinski definition) is 0. The molecule has 1 amide bonds. The van der Waals surface area contributed by atoms with Gasteiger partial charge in [0, 0.05) is 18.8 Å². The van der Waals surface area contributed by atoms with Gasteiger partial charge >= 0.3 is 0 Å². The first kappa shape index (κ1) is 21.7. The molecule has 1 aromatic carbocycles. The van der Waals surface area contributed by atoms with E-state index < -0.39 is 36.8 Å². The number of nitrogens with zero attached hydrogens (tertiary/aromatic N) is 3. The molecule has 0 bridgehead atoms. The molecule has 3 rings (SSSR count). The molecule has 0 N–H and O–H groups in total. The number of halogens is 1. The molecule has 0 saturated carbocycles. The van der Waals surface area contributed by atoms with E-state index in [2.05, 4.69) is 9.97 Å². The Morgan fingerprint density at radius 3 is 2.48 bits per heavy atom. The number of carbonyl (C=O) groups is 1. The number of hydrogen-bond acceptors (Lipinski definition) is 7. The molecular formula is C18H20ClN3O5S2. The maximum atomic E-state index is 13.3. The van der Waals surface area contributed by atoms with Gasteiger partial charge in [0.15, 0.2) is 15.5 Å². The average Bonchev–Trinajstić information content (AvgIpc) is 2.99. The highest BCUT2D eigenvalue weighted by Crippen LogP contribution is 2.24. The quantitative estimate of drug-likeness (QED) is 0.627. The number of rotatable bonds is 5. The van der Waals surface area contributed by atoms with Gasteiger partial charge in [-0.25, -0.2) is 26.8 Å². The standard InChI is InChI=1S/C18H20ClN3O5S2/c1-12-3-5-13(6-4-12)10-22(14-7-8-29(26,27)11-14)17(23)16-15(19)9-20-18(21-16)28(2,24)25/h3-6,9,14H,7-8,10-11H2,1-2H3/t14-/m0/s1. The van der Waals surface area contributed by atoms with Crippen molar-refractivity contribution in [2.75, 3.05) is 17.8 Å². The van der Waals surface area contributed by atoms with Crippen LogP contribution in [0.1, 0.15) is 28.0 Å².